The van der Waals surface area contributed by atoms with Crippen LogP contribution in [0, 0.1) is 6.92 Å². The second-order valence-corrected chi connectivity index (χ2v) is 4.17. The van der Waals surface area contributed by atoms with Gasteiger partial charge in [-0.3, -0.25) is 4.79 Å². The SMILES string of the molecule is Cc1c(N)cccc1C(=O)N(C)C1CC1. The van der Waals surface area contributed by atoms with Crippen LogP contribution >= 0.6 is 0 Å². The number of carbonyl (C=O) groups is 1. The number of amides is 1. The highest BCUT2D eigenvalue weighted by molar-refractivity contribution is 5.97. The standard InChI is InChI=1S/C12H16N2O/c1-8-10(4-3-5-11(8)13)12(15)14(2)9-6-7-9/h3-5,9H,6-7,13H2,1-2H3. The molecule has 0 heterocycles. The van der Waals surface area contributed by atoms with Gasteiger partial charge in [-0.1, -0.05) is 6.07 Å². The predicted octanol–water partition coefficient (Wildman–Crippen LogP) is 1.81. The Balaban J connectivity index is 2.28. The van der Waals surface area contributed by atoms with Gasteiger partial charge in [0.2, 0.25) is 0 Å². The molecule has 80 valence electrons. The van der Waals surface area contributed by atoms with Crippen LogP contribution in [0.4, 0.5) is 5.69 Å². The fourth-order valence-electron chi connectivity index (χ4n) is 1.70. The van der Waals surface area contributed by atoms with E-state index in [0.717, 1.165) is 24.0 Å². The second-order valence-electron chi connectivity index (χ2n) is 4.17. The van der Waals surface area contributed by atoms with Crippen molar-refractivity contribution in [3.8, 4) is 0 Å². The largest absolute Gasteiger partial charge is 0.398 e. The monoisotopic (exact) mass is 204 g/mol. The number of rotatable bonds is 2. The lowest BCUT2D eigenvalue weighted by Crippen LogP contribution is -2.29. The maximum Gasteiger partial charge on any atom is 0.254 e. The molecule has 2 rings (SSSR count). The van der Waals surface area contributed by atoms with Crippen molar-refractivity contribution in [1.29, 1.82) is 0 Å². The maximum absolute atomic E-state index is 12.1. The topological polar surface area (TPSA) is 46.3 Å². The van der Waals surface area contributed by atoms with Crippen LogP contribution in [0.25, 0.3) is 0 Å². The summed E-state index contributed by atoms with van der Waals surface area (Å²) in [5.74, 6) is 0.0855. The van der Waals surface area contributed by atoms with Crippen LogP contribution in [-0.4, -0.2) is 23.9 Å². The molecule has 3 nitrogen and oxygen atoms in total. The molecule has 1 fully saturated rings. The normalized spacial score (nSPS) is 15.1. The molecular formula is C12H16N2O. The number of nitrogens with two attached hydrogens (primary N) is 1. The first-order valence-electron chi connectivity index (χ1n) is 5.23. The van der Waals surface area contributed by atoms with Crippen molar-refractivity contribution >= 4 is 11.6 Å². The quantitative estimate of drug-likeness (QED) is 0.747. The first-order valence-corrected chi connectivity index (χ1v) is 5.23. The van der Waals surface area contributed by atoms with Crippen molar-refractivity contribution in [1.82, 2.24) is 4.90 Å². The van der Waals surface area contributed by atoms with Gasteiger partial charge < -0.3 is 10.6 Å². The Kier molecular flexibility index (Phi) is 2.39. The summed E-state index contributed by atoms with van der Waals surface area (Å²) in [4.78, 5) is 13.9. The van der Waals surface area contributed by atoms with Crippen LogP contribution in [0.2, 0.25) is 0 Å². The zero-order chi connectivity index (χ0) is 11.0. The summed E-state index contributed by atoms with van der Waals surface area (Å²) in [6.45, 7) is 1.89. The summed E-state index contributed by atoms with van der Waals surface area (Å²) in [7, 11) is 1.86. The number of nitrogens with zero attached hydrogens (tertiary/aromatic N) is 1. The van der Waals surface area contributed by atoms with E-state index in [2.05, 4.69) is 0 Å². The van der Waals surface area contributed by atoms with E-state index in [1.807, 2.05) is 37.1 Å². The van der Waals surface area contributed by atoms with Crippen LogP contribution in [0.5, 0.6) is 0 Å². The van der Waals surface area contributed by atoms with Crippen LogP contribution in [0.3, 0.4) is 0 Å². The lowest BCUT2D eigenvalue weighted by atomic mass is 10.1. The molecule has 0 unspecified atom stereocenters. The third kappa shape index (κ3) is 1.82. The van der Waals surface area contributed by atoms with Gasteiger partial charge in [-0.25, -0.2) is 0 Å². The summed E-state index contributed by atoms with van der Waals surface area (Å²) < 4.78 is 0. The van der Waals surface area contributed by atoms with Gasteiger partial charge in [0.1, 0.15) is 0 Å². The third-order valence-corrected chi connectivity index (χ3v) is 3.02. The summed E-state index contributed by atoms with van der Waals surface area (Å²) >= 11 is 0. The van der Waals surface area contributed by atoms with E-state index in [-0.39, 0.29) is 5.91 Å². The predicted molar refractivity (Wildman–Crippen MR) is 60.7 cm³/mol. The molecule has 0 bridgehead atoms. The average molecular weight is 204 g/mol. The zero-order valence-corrected chi connectivity index (χ0v) is 9.16. The molecule has 1 aliphatic rings. The third-order valence-electron chi connectivity index (χ3n) is 3.02. The highest BCUT2D eigenvalue weighted by atomic mass is 16.2. The van der Waals surface area contributed by atoms with Crippen LogP contribution < -0.4 is 5.73 Å². The van der Waals surface area contributed by atoms with Crippen molar-refractivity contribution in [2.75, 3.05) is 12.8 Å². The number of anilines is 1. The average Bonchev–Trinajstić information content (AvgIpc) is 3.03. The van der Waals surface area contributed by atoms with Gasteiger partial charge in [0.25, 0.3) is 5.91 Å². The molecule has 0 atom stereocenters. The summed E-state index contributed by atoms with van der Waals surface area (Å²) in [5, 5.41) is 0. The first-order chi connectivity index (χ1) is 7.11. The molecule has 1 aromatic carbocycles. The fourth-order valence-corrected chi connectivity index (χ4v) is 1.70. The van der Waals surface area contributed by atoms with Crippen molar-refractivity contribution in [2.24, 2.45) is 0 Å². The van der Waals surface area contributed by atoms with Crippen LogP contribution in [0.1, 0.15) is 28.8 Å². The van der Waals surface area contributed by atoms with Crippen molar-refractivity contribution in [3.63, 3.8) is 0 Å². The van der Waals surface area contributed by atoms with Crippen molar-refractivity contribution < 1.29 is 4.79 Å². The van der Waals surface area contributed by atoms with Crippen molar-refractivity contribution in [3.05, 3.63) is 29.3 Å². The van der Waals surface area contributed by atoms with E-state index in [0.29, 0.717) is 11.7 Å². The van der Waals surface area contributed by atoms with Gasteiger partial charge in [0.05, 0.1) is 0 Å². The van der Waals surface area contributed by atoms with Crippen LogP contribution in [-0.2, 0) is 0 Å². The Morgan fingerprint density at radius 2 is 2.13 bits per heavy atom. The van der Waals surface area contributed by atoms with Gasteiger partial charge in [-0.2, -0.15) is 0 Å². The zero-order valence-electron chi connectivity index (χ0n) is 9.16. The number of nitrogen functional groups attached to an aromatic ring is 1. The molecule has 1 saturated carbocycles. The Bertz CT molecular complexity index is 397. The molecule has 1 aromatic rings. The number of hydrogen-bond donors (Lipinski definition) is 1. The lowest BCUT2D eigenvalue weighted by Gasteiger charge is -2.18. The van der Waals surface area contributed by atoms with E-state index in [9.17, 15) is 4.79 Å². The van der Waals surface area contributed by atoms with Gasteiger partial charge in [-0.05, 0) is 37.5 Å². The fraction of sp³-hybridized carbons (Fsp3) is 0.417. The van der Waals surface area contributed by atoms with Gasteiger partial charge >= 0.3 is 0 Å². The summed E-state index contributed by atoms with van der Waals surface area (Å²) in [6.07, 6.45) is 2.26. The number of hydrogen-bond acceptors (Lipinski definition) is 2. The van der Waals surface area contributed by atoms with Crippen LogP contribution in [0.15, 0.2) is 18.2 Å². The Morgan fingerprint density at radius 1 is 1.47 bits per heavy atom. The maximum atomic E-state index is 12.1. The molecule has 0 radical (unpaired) electrons. The molecule has 2 N–H and O–H groups in total. The summed E-state index contributed by atoms with van der Waals surface area (Å²) in [5.41, 5.74) is 8.08. The van der Waals surface area contributed by atoms with Crippen molar-refractivity contribution in [2.45, 2.75) is 25.8 Å². The van der Waals surface area contributed by atoms with Gasteiger partial charge in [0, 0.05) is 24.3 Å². The molecule has 1 aliphatic carbocycles. The Morgan fingerprint density at radius 3 is 2.73 bits per heavy atom. The minimum absolute atomic E-state index is 0.0855. The molecule has 0 aromatic heterocycles. The molecule has 0 saturated heterocycles. The number of carbonyl (C=O) groups excluding carboxylic acids is 1. The molecule has 1 amide bonds. The van der Waals surface area contributed by atoms with E-state index in [1.54, 1.807) is 0 Å². The molecular weight excluding hydrogens is 188 g/mol. The number of benzene rings is 1. The second kappa shape index (κ2) is 3.57. The highest BCUT2D eigenvalue weighted by Gasteiger charge is 2.30. The van der Waals surface area contributed by atoms with Gasteiger partial charge in [-0.15, -0.1) is 0 Å². The smallest absolute Gasteiger partial charge is 0.254 e. The molecule has 3 heteroatoms. The molecule has 15 heavy (non-hydrogen) atoms. The minimum atomic E-state index is 0.0855. The van der Waals surface area contributed by atoms with E-state index >= 15 is 0 Å². The Labute approximate surface area is 89.9 Å². The highest BCUT2D eigenvalue weighted by Crippen LogP contribution is 2.27. The lowest BCUT2D eigenvalue weighted by molar-refractivity contribution is 0.0784. The van der Waals surface area contributed by atoms with E-state index in [1.165, 1.54) is 0 Å². The van der Waals surface area contributed by atoms with E-state index < -0.39 is 0 Å². The first kappa shape index (κ1) is 10.0. The molecule has 0 aliphatic heterocycles. The Hall–Kier alpha value is -1.51. The summed E-state index contributed by atoms with van der Waals surface area (Å²) in [6, 6.07) is 5.94. The van der Waals surface area contributed by atoms with Gasteiger partial charge in [0.15, 0.2) is 0 Å². The van der Waals surface area contributed by atoms with E-state index in [4.69, 9.17) is 5.73 Å². The minimum Gasteiger partial charge on any atom is -0.398 e. The molecule has 0 spiro atoms.